The van der Waals surface area contributed by atoms with Crippen molar-refractivity contribution in [2.24, 2.45) is 260 Å². The summed E-state index contributed by atoms with van der Waals surface area (Å²) in [6.45, 7) is 7.91. The third kappa shape index (κ3) is 1.54. The van der Waals surface area contributed by atoms with Crippen molar-refractivity contribution >= 4 is 22.6 Å². The van der Waals surface area contributed by atoms with Gasteiger partial charge in [-0.1, -0.05) is 43.4 Å². The second-order valence-electron chi connectivity index (χ2n) is 27.4. The van der Waals surface area contributed by atoms with E-state index in [1.807, 2.05) is 0 Å². The van der Waals surface area contributed by atoms with Crippen molar-refractivity contribution < 1.29 is 0 Å². The molecule has 22 saturated carbocycles. The van der Waals surface area contributed by atoms with Crippen molar-refractivity contribution in [1.29, 1.82) is 0 Å². The van der Waals surface area contributed by atoms with Crippen LogP contribution >= 0.6 is 22.6 Å². The first-order valence-corrected chi connectivity index (χ1v) is 25.5. The summed E-state index contributed by atoms with van der Waals surface area (Å²) in [7, 11) is 0. The molecule has 0 amide bonds. The van der Waals surface area contributed by atoms with E-state index in [1.165, 1.54) is 249 Å². The van der Waals surface area contributed by atoms with E-state index in [1.54, 1.807) is 6.42 Å². The number of rotatable bonds is 1. The second-order valence-corrected chi connectivity index (χ2v) is 29.3. The number of hydrogen-bond acceptors (Lipinski definition) is 0. The van der Waals surface area contributed by atoms with Crippen LogP contribution in [-0.4, -0.2) is 3.92 Å². The second kappa shape index (κ2) is 6.05. The van der Waals surface area contributed by atoms with Crippen molar-refractivity contribution in [2.45, 2.75) is 31.1 Å². The van der Waals surface area contributed by atoms with E-state index >= 15 is 0 Å². The Balaban J connectivity index is 0.527. The van der Waals surface area contributed by atoms with Crippen LogP contribution in [0.2, 0.25) is 0 Å². The lowest BCUT2D eigenvalue weighted by molar-refractivity contribution is -0.547. The Kier molecular flexibility index (Phi) is 2.95. The Labute approximate surface area is 311 Å². The van der Waals surface area contributed by atoms with Gasteiger partial charge in [0, 0.05) is 3.92 Å². The van der Waals surface area contributed by atoms with Gasteiger partial charge in [-0.15, -0.1) is 0 Å². The number of halogens is 1. The molecule has 0 aliphatic heterocycles. The summed E-state index contributed by atoms with van der Waals surface area (Å²) < 4.78 is 0.915. The minimum absolute atomic E-state index is 0.760. The zero-order valence-electron chi connectivity index (χ0n) is 30.0. The minimum Gasteiger partial charge on any atom is -0.0823 e. The third-order valence-corrected chi connectivity index (χ3v) is 31.9. The molecule has 258 valence electrons. The van der Waals surface area contributed by atoms with Crippen molar-refractivity contribution in [3.05, 3.63) is 0 Å². The van der Waals surface area contributed by atoms with Gasteiger partial charge in [0.2, 0.25) is 0 Å². The molecule has 22 aliphatic carbocycles. The molecule has 0 aromatic rings. The maximum atomic E-state index is 2.82. The lowest BCUT2D eigenvalue weighted by Gasteiger charge is -3.01. The molecule has 0 N–H and O–H groups in total. The first-order valence-electron chi connectivity index (χ1n) is 24.2. The molecule has 0 bridgehead atoms. The average molecular weight is 771 g/mol. The quantitative estimate of drug-likeness (QED) is 0.144. The fourth-order valence-corrected chi connectivity index (χ4v) is 31.7. The van der Waals surface area contributed by atoms with E-state index < -0.39 is 0 Å². The van der Waals surface area contributed by atoms with Crippen LogP contribution in [0.15, 0.2) is 0 Å². The number of alkyl halides is 1. The van der Waals surface area contributed by atoms with Crippen LogP contribution < -0.4 is 0 Å². The van der Waals surface area contributed by atoms with Crippen LogP contribution in [-0.2, 0) is 0 Å². The summed E-state index contributed by atoms with van der Waals surface area (Å²) in [6, 6.07) is 0. The summed E-state index contributed by atoms with van der Waals surface area (Å²) in [6.07, 6.45) is 1.64. The van der Waals surface area contributed by atoms with Crippen molar-refractivity contribution in [2.75, 3.05) is 0 Å². The lowest BCUT2D eigenvalue weighted by Crippen LogP contribution is -2.98. The Morgan fingerprint density at radius 3 is 0.760 bits per heavy atom. The van der Waals surface area contributed by atoms with Gasteiger partial charge in [0.1, 0.15) is 0 Å². The molecule has 0 radical (unpaired) electrons. The maximum absolute atomic E-state index is 2.82. The van der Waals surface area contributed by atoms with E-state index in [-0.39, 0.29) is 0 Å². The van der Waals surface area contributed by atoms with Crippen LogP contribution in [0.1, 0.15) is 27.2 Å². The molecule has 45 unspecified atom stereocenters. The Morgan fingerprint density at radius 1 is 0.340 bits per heavy atom. The summed E-state index contributed by atoms with van der Waals surface area (Å²) in [5, 5.41) is 0. The van der Waals surface area contributed by atoms with Gasteiger partial charge in [-0.3, -0.25) is 0 Å². The van der Waals surface area contributed by atoms with Gasteiger partial charge in [0.15, 0.2) is 0 Å². The first-order chi connectivity index (χ1) is 24.6. The van der Waals surface area contributed by atoms with Gasteiger partial charge in [0.05, 0.1) is 0 Å². The monoisotopic (exact) mass is 770 g/mol. The molecule has 1 heteroatoms. The summed E-state index contributed by atoms with van der Waals surface area (Å²) >= 11 is 2.82. The fourth-order valence-electron chi connectivity index (χ4n) is 30.8. The Morgan fingerprint density at radius 2 is 0.540 bits per heavy atom. The molecule has 22 fully saturated rings. The van der Waals surface area contributed by atoms with E-state index in [4.69, 9.17) is 0 Å². The molecular formula is C49H55I. The molecule has 22 rings (SSSR count). The molecule has 0 nitrogen and oxygen atoms in total. The molecule has 22 aliphatic rings. The van der Waals surface area contributed by atoms with Gasteiger partial charge in [-0.2, -0.15) is 0 Å². The minimum atomic E-state index is 0.760. The number of hydrogen-bond donors (Lipinski definition) is 0. The summed E-state index contributed by atoms with van der Waals surface area (Å²) in [5.41, 5.74) is 0.760. The Bertz CT molecular complexity index is 1970. The van der Waals surface area contributed by atoms with Crippen LogP contribution in [0.4, 0.5) is 0 Å². The lowest BCUT2D eigenvalue weighted by atomic mass is 9.03. The van der Waals surface area contributed by atoms with Crippen LogP contribution in [0.5, 0.6) is 0 Å². The van der Waals surface area contributed by atoms with E-state index in [2.05, 4.69) is 43.4 Å². The zero-order valence-corrected chi connectivity index (χ0v) is 32.1. The average Bonchev–Trinajstić information content (AvgIpc) is 3.57. The molecule has 0 saturated heterocycles. The van der Waals surface area contributed by atoms with Crippen molar-refractivity contribution in [1.82, 2.24) is 0 Å². The molecule has 45 atom stereocenters. The summed E-state index contributed by atoms with van der Waals surface area (Å²) in [5.74, 6) is 55.5. The zero-order chi connectivity index (χ0) is 30.6. The smallest absolute Gasteiger partial charge is 0.0141 e. The van der Waals surface area contributed by atoms with Crippen LogP contribution in [0, 0.1) is 260 Å². The number of fused-ring (bicyclic) bond motifs is 61. The van der Waals surface area contributed by atoms with Gasteiger partial charge in [-0.25, -0.2) is 0 Å². The van der Waals surface area contributed by atoms with Gasteiger partial charge < -0.3 is 0 Å². The molecule has 50 heavy (non-hydrogen) atoms. The molecule has 0 aromatic carbocycles. The van der Waals surface area contributed by atoms with E-state index in [9.17, 15) is 0 Å². The van der Waals surface area contributed by atoms with Crippen LogP contribution in [0.3, 0.4) is 0 Å². The van der Waals surface area contributed by atoms with Gasteiger partial charge >= 0.3 is 0 Å². The fraction of sp³-hybridized carbons (Fsp3) is 1.00. The largest absolute Gasteiger partial charge is 0.0823 e. The molecule has 0 spiro atoms. The van der Waals surface area contributed by atoms with E-state index in [0.717, 1.165) is 15.3 Å². The van der Waals surface area contributed by atoms with Crippen molar-refractivity contribution in [3.8, 4) is 0 Å². The normalized spacial score (nSPS) is 98.5. The third-order valence-electron chi connectivity index (χ3n) is 30.6. The predicted octanol–water partition coefficient (Wildman–Crippen LogP) is 8.02. The Hall–Kier alpha value is 0.730. The molecular weight excluding hydrogens is 715 g/mol. The highest BCUT2D eigenvalue weighted by molar-refractivity contribution is 14.1. The topological polar surface area (TPSA) is 0 Å². The standard InChI is InChI=1S/C49H55I/c1-5-4-7-8(5)10-9(7)11-12(10)14-13(11)15-16(14)18-17(15)19-20(18)22-21(19)23-24(22)26-25(23)27-28(26)30-29(27)31-32(30)34-33(31)35-36(34)38-37(35)39-40(38)42-41(39)43-44(42)46-45(43)47-48(46)49(47,3)6(2)50/h5-48H,4H2,1-3H3. The van der Waals surface area contributed by atoms with E-state index in [0.29, 0.717) is 0 Å². The maximum Gasteiger partial charge on any atom is 0.0141 e. The predicted molar refractivity (Wildman–Crippen MR) is 192 cm³/mol. The molecule has 0 aromatic heterocycles. The highest BCUT2D eigenvalue weighted by atomic mass is 127. The first kappa shape index (κ1) is 24.4. The highest BCUT2D eigenvalue weighted by Crippen LogP contribution is 3.03. The van der Waals surface area contributed by atoms with Crippen LogP contribution in [0.25, 0.3) is 0 Å². The highest BCUT2D eigenvalue weighted by Gasteiger charge is 3.00. The van der Waals surface area contributed by atoms with Gasteiger partial charge in [0.25, 0.3) is 0 Å². The SMILES string of the molecule is CC1CC2C1C1C2C2C1C1C2C2C1C1C2C2C1C1C2C2C1C1C2C2C1C1C2C2C1C1C2C2C1C1C2C2C1C1C2C2C1C1C2C2C1C2(C)C(C)I. The van der Waals surface area contributed by atoms with Gasteiger partial charge in [-0.05, 0) is 266 Å². The van der Waals surface area contributed by atoms with Crippen molar-refractivity contribution in [3.63, 3.8) is 0 Å². The molecule has 0 heterocycles. The summed E-state index contributed by atoms with van der Waals surface area (Å²) in [4.78, 5) is 0.